The minimum Gasteiger partial charge on any atom is -0.326 e. The number of anilines is 1. The van der Waals surface area contributed by atoms with E-state index in [4.69, 9.17) is 0 Å². The summed E-state index contributed by atoms with van der Waals surface area (Å²) < 4.78 is 27.1. The van der Waals surface area contributed by atoms with Gasteiger partial charge in [-0.15, -0.1) is 11.3 Å². The minimum absolute atomic E-state index is 0.0665. The van der Waals surface area contributed by atoms with Crippen molar-refractivity contribution in [2.75, 3.05) is 18.4 Å². The van der Waals surface area contributed by atoms with Crippen LogP contribution >= 0.6 is 11.3 Å². The summed E-state index contributed by atoms with van der Waals surface area (Å²) in [7, 11) is -3.47. The van der Waals surface area contributed by atoms with E-state index in [1.165, 1.54) is 4.31 Å². The molecule has 0 aliphatic carbocycles. The number of amides is 1. The van der Waals surface area contributed by atoms with Gasteiger partial charge in [-0.25, -0.2) is 8.42 Å². The summed E-state index contributed by atoms with van der Waals surface area (Å²) in [5.74, 6) is -0.386. The van der Waals surface area contributed by atoms with E-state index < -0.39 is 10.0 Å². The Kier molecular flexibility index (Phi) is 6.31. The second kappa shape index (κ2) is 9.13. The number of carbonyl (C=O) groups is 2. The zero-order chi connectivity index (χ0) is 21.8. The van der Waals surface area contributed by atoms with Crippen molar-refractivity contribution >= 4 is 38.7 Å². The first-order valence-electron chi connectivity index (χ1n) is 10.0. The number of hydrogen-bond acceptors (Lipinski definition) is 5. The lowest BCUT2D eigenvalue weighted by molar-refractivity contribution is -0.115. The van der Waals surface area contributed by atoms with Crippen LogP contribution in [0.4, 0.5) is 5.69 Å². The molecule has 6 nitrogen and oxygen atoms in total. The molecule has 1 fully saturated rings. The Morgan fingerprint density at radius 2 is 1.61 bits per heavy atom. The smallest absolute Gasteiger partial charge is 0.252 e. The topological polar surface area (TPSA) is 83.6 Å². The average Bonchev–Trinajstić information content (AvgIpc) is 3.47. The Bertz CT molecular complexity index is 1200. The molecule has 1 N–H and O–H groups in total. The van der Waals surface area contributed by atoms with Gasteiger partial charge in [-0.3, -0.25) is 9.59 Å². The summed E-state index contributed by atoms with van der Waals surface area (Å²) in [5.41, 5.74) is 1.59. The first-order valence-corrected chi connectivity index (χ1v) is 12.3. The molecular weight excluding hydrogens is 432 g/mol. The van der Waals surface area contributed by atoms with Crippen LogP contribution in [-0.2, 0) is 21.2 Å². The fourth-order valence-electron chi connectivity index (χ4n) is 3.51. The molecule has 1 aliphatic rings. The Morgan fingerprint density at radius 3 is 2.35 bits per heavy atom. The zero-order valence-electron chi connectivity index (χ0n) is 16.8. The van der Waals surface area contributed by atoms with E-state index in [1.54, 1.807) is 60.7 Å². The average molecular weight is 455 g/mol. The van der Waals surface area contributed by atoms with Crippen molar-refractivity contribution in [1.29, 1.82) is 0 Å². The number of benzene rings is 2. The number of nitrogens with zero attached hydrogens (tertiary/aromatic N) is 1. The van der Waals surface area contributed by atoms with Gasteiger partial charge in [0.1, 0.15) is 4.21 Å². The van der Waals surface area contributed by atoms with Crippen molar-refractivity contribution < 1.29 is 18.0 Å². The van der Waals surface area contributed by atoms with Gasteiger partial charge in [0.25, 0.3) is 10.0 Å². The van der Waals surface area contributed by atoms with Gasteiger partial charge < -0.3 is 5.32 Å². The summed E-state index contributed by atoms with van der Waals surface area (Å²) in [4.78, 5) is 25.8. The molecule has 31 heavy (non-hydrogen) atoms. The second-order valence-corrected chi connectivity index (χ2v) is 10.7. The first kappa shape index (κ1) is 21.4. The van der Waals surface area contributed by atoms with Gasteiger partial charge in [0.05, 0.1) is 6.42 Å². The second-order valence-electron chi connectivity index (χ2n) is 7.33. The fraction of sp³-hybridized carbons (Fsp3) is 0.217. The normalized spacial score (nSPS) is 14.5. The van der Waals surface area contributed by atoms with Crippen LogP contribution in [0.1, 0.15) is 33.6 Å². The number of sulfonamides is 1. The lowest BCUT2D eigenvalue weighted by Gasteiger charge is -2.13. The Labute approximate surface area is 185 Å². The fourth-order valence-corrected chi connectivity index (χ4v) is 6.53. The lowest BCUT2D eigenvalue weighted by Crippen LogP contribution is -2.27. The summed E-state index contributed by atoms with van der Waals surface area (Å²) in [6, 6.07) is 19.0. The summed E-state index contributed by atoms with van der Waals surface area (Å²) in [5, 5.41) is 2.80. The molecule has 0 radical (unpaired) electrons. The molecule has 0 spiro atoms. The molecule has 1 saturated heterocycles. The summed E-state index contributed by atoms with van der Waals surface area (Å²) in [6.45, 7) is 1.10. The highest BCUT2D eigenvalue weighted by atomic mass is 32.2. The minimum atomic E-state index is -3.47. The number of thiophene rings is 1. The van der Waals surface area contributed by atoms with E-state index in [-0.39, 0.29) is 22.3 Å². The van der Waals surface area contributed by atoms with Crippen LogP contribution in [-0.4, -0.2) is 37.5 Å². The zero-order valence-corrected chi connectivity index (χ0v) is 18.4. The van der Waals surface area contributed by atoms with Crippen LogP contribution in [0, 0.1) is 0 Å². The number of ketones is 1. The van der Waals surface area contributed by atoms with Crippen molar-refractivity contribution in [1.82, 2.24) is 4.31 Å². The molecule has 2 heterocycles. The number of nitrogens with one attached hydrogen (secondary N) is 1. The van der Waals surface area contributed by atoms with Gasteiger partial charge in [0, 0.05) is 34.8 Å². The van der Waals surface area contributed by atoms with E-state index in [0.717, 1.165) is 24.2 Å². The first-order chi connectivity index (χ1) is 14.9. The van der Waals surface area contributed by atoms with Crippen molar-refractivity contribution in [2.24, 2.45) is 0 Å². The van der Waals surface area contributed by atoms with Crippen molar-refractivity contribution in [2.45, 2.75) is 23.5 Å². The summed E-state index contributed by atoms with van der Waals surface area (Å²) >= 11 is 1.13. The van der Waals surface area contributed by atoms with Gasteiger partial charge >= 0.3 is 0 Å². The molecule has 160 valence electrons. The van der Waals surface area contributed by atoms with Crippen LogP contribution in [0.25, 0.3) is 0 Å². The number of rotatable bonds is 7. The van der Waals surface area contributed by atoms with Crippen LogP contribution in [0.15, 0.2) is 70.9 Å². The Hall–Kier alpha value is -2.81. The van der Waals surface area contributed by atoms with Gasteiger partial charge in [0.2, 0.25) is 5.91 Å². The SMILES string of the molecule is O=C(Cc1ccc(S(=O)(=O)N2CCCC2)s1)Nc1cccc(C(=O)c2ccccc2)c1. The van der Waals surface area contributed by atoms with E-state index >= 15 is 0 Å². The highest BCUT2D eigenvalue weighted by Crippen LogP contribution is 2.28. The third-order valence-corrected chi connectivity index (χ3v) is 8.53. The van der Waals surface area contributed by atoms with Crippen molar-refractivity contribution in [3.05, 3.63) is 82.7 Å². The van der Waals surface area contributed by atoms with Gasteiger partial charge in [-0.05, 0) is 37.1 Å². The predicted molar refractivity (Wildman–Crippen MR) is 121 cm³/mol. The van der Waals surface area contributed by atoms with E-state index in [2.05, 4.69) is 5.32 Å². The van der Waals surface area contributed by atoms with Gasteiger partial charge in [-0.2, -0.15) is 4.31 Å². The summed E-state index contributed by atoms with van der Waals surface area (Å²) in [6.07, 6.45) is 1.83. The molecule has 0 atom stereocenters. The van der Waals surface area contributed by atoms with Crippen LogP contribution in [0.3, 0.4) is 0 Å². The van der Waals surface area contributed by atoms with Crippen molar-refractivity contribution in [3.8, 4) is 0 Å². The Balaban J connectivity index is 1.42. The molecule has 2 aromatic carbocycles. The molecule has 4 rings (SSSR count). The van der Waals surface area contributed by atoms with Crippen molar-refractivity contribution in [3.63, 3.8) is 0 Å². The molecule has 3 aromatic rings. The standard InChI is InChI=1S/C23H22N2O4S2/c26-21(16-20-11-12-22(30-20)31(28,29)25-13-4-5-14-25)24-19-10-6-9-18(15-19)23(27)17-7-2-1-3-8-17/h1-3,6-12,15H,4-5,13-14,16H2,(H,24,26). The number of carbonyl (C=O) groups excluding carboxylic acids is 2. The van der Waals surface area contributed by atoms with E-state index in [1.807, 2.05) is 6.07 Å². The van der Waals surface area contributed by atoms with Crippen LogP contribution < -0.4 is 5.32 Å². The molecule has 1 amide bonds. The molecule has 1 aliphatic heterocycles. The molecular formula is C23H22N2O4S2. The molecule has 0 unspecified atom stereocenters. The number of hydrogen-bond donors (Lipinski definition) is 1. The van der Waals surface area contributed by atoms with Crippen LogP contribution in [0.5, 0.6) is 0 Å². The van der Waals surface area contributed by atoms with Gasteiger partial charge in [-0.1, -0.05) is 42.5 Å². The monoisotopic (exact) mass is 454 g/mol. The molecule has 0 saturated carbocycles. The molecule has 0 bridgehead atoms. The third-order valence-electron chi connectivity index (χ3n) is 5.08. The Morgan fingerprint density at radius 1 is 0.903 bits per heavy atom. The van der Waals surface area contributed by atoms with Crippen LogP contribution in [0.2, 0.25) is 0 Å². The highest BCUT2D eigenvalue weighted by Gasteiger charge is 2.28. The van der Waals surface area contributed by atoms with Gasteiger partial charge in [0.15, 0.2) is 5.78 Å². The maximum Gasteiger partial charge on any atom is 0.252 e. The molecule has 1 aromatic heterocycles. The molecule has 8 heteroatoms. The van der Waals surface area contributed by atoms with E-state index in [0.29, 0.717) is 34.8 Å². The lowest BCUT2D eigenvalue weighted by atomic mass is 10.0. The quantitative estimate of drug-likeness (QED) is 0.548. The maximum atomic E-state index is 12.6. The maximum absolute atomic E-state index is 12.6. The highest BCUT2D eigenvalue weighted by molar-refractivity contribution is 7.91. The third kappa shape index (κ3) is 4.92. The largest absolute Gasteiger partial charge is 0.326 e. The van der Waals surface area contributed by atoms with E-state index in [9.17, 15) is 18.0 Å². The predicted octanol–water partition coefficient (Wildman–Crippen LogP) is 3.94.